The minimum atomic E-state index is -1.43. The molecule has 0 unspecified atom stereocenters. The van der Waals surface area contributed by atoms with Crippen molar-refractivity contribution in [3.8, 4) is 11.5 Å². The second kappa shape index (κ2) is 10.3. The fourth-order valence-electron chi connectivity index (χ4n) is 6.93. The second-order valence-electron chi connectivity index (χ2n) is 12.6. The Hall–Kier alpha value is -3.64. The van der Waals surface area contributed by atoms with Crippen LogP contribution in [0, 0.1) is 0 Å². The van der Waals surface area contributed by atoms with Crippen molar-refractivity contribution in [3.05, 3.63) is 35.1 Å². The molecule has 12 heteroatoms. The maximum absolute atomic E-state index is 13.3. The summed E-state index contributed by atoms with van der Waals surface area (Å²) in [6.07, 6.45) is 0.220. The molecule has 12 nitrogen and oxygen atoms in total. The summed E-state index contributed by atoms with van der Waals surface area (Å²) >= 11 is 0. The summed E-state index contributed by atoms with van der Waals surface area (Å²) in [6.45, 7) is 8.09. The van der Waals surface area contributed by atoms with Gasteiger partial charge in [0, 0.05) is 24.9 Å². The molecule has 5 rings (SSSR count). The van der Waals surface area contributed by atoms with Gasteiger partial charge >= 0.3 is 17.9 Å². The molecule has 228 valence electrons. The van der Waals surface area contributed by atoms with E-state index < -0.39 is 65.1 Å². The molecule has 1 aromatic rings. The lowest BCUT2D eigenvalue weighted by Gasteiger charge is -2.61. The zero-order chi connectivity index (χ0) is 30.8. The molecule has 1 fully saturated rings. The summed E-state index contributed by atoms with van der Waals surface area (Å²) < 4.78 is 22.4. The number of esters is 3. The van der Waals surface area contributed by atoms with E-state index in [1.54, 1.807) is 32.9 Å². The summed E-state index contributed by atoms with van der Waals surface area (Å²) in [5.41, 5.74) is -1.37. The van der Waals surface area contributed by atoms with Crippen molar-refractivity contribution in [2.75, 3.05) is 13.6 Å². The largest absolute Gasteiger partial charge is 0.504 e. The smallest absolute Gasteiger partial charge is 0.329 e. The Morgan fingerprint density at radius 1 is 1.24 bits per heavy atom. The summed E-state index contributed by atoms with van der Waals surface area (Å²) in [5, 5.41) is 25.4. The van der Waals surface area contributed by atoms with Crippen LogP contribution in [0.3, 0.4) is 0 Å². The van der Waals surface area contributed by atoms with Crippen LogP contribution in [-0.2, 0) is 45.2 Å². The number of nitrogens with one attached hydrogen (secondary N) is 1. The number of ether oxygens (including phenoxy) is 4. The molecule has 1 amide bonds. The lowest BCUT2D eigenvalue weighted by Crippen LogP contribution is -2.74. The SMILES string of the molecule is CC(=O)O[C@@H](C)C(=O)N[C@@H](CC(=O)OC1=CC[C@@]2(O)[C@@H]3Cc4ccc(O)c5c4[C@@]2(CCN3C)[C@H]1O5)C(=O)OC(C)(C)C. The quantitative estimate of drug-likeness (QED) is 0.313. The van der Waals surface area contributed by atoms with E-state index in [1.165, 1.54) is 6.92 Å². The number of phenolic OH excluding ortho intramolecular Hbond substituents is 1. The van der Waals surface area contributed by atoms with Crippen molar-refractivity contribution < 1.29 is 48.3 Å². The van der Waals surface area contributed by atoms with Crippen molar-refractivity contribution in [1.29, 1.82) is 0 Å². The van der Waals surface area contributed by atoms with Gasteiger partial charge < -0.3 is 39.4 Å². The zero-order valence-electron chi connectivity index (χ0n) is 24.7. The normalized spacial score (nSPS) is 28.8. The number of rotatable bonds is 7. The molecule has 6 atom stereocenters. The fourth-order valence-corrected chi connectivity index (χ4v) is 6.93. The molecule has 1 spiro atoms. The van der Waals surface area contributed by atoms with Gasteiger partial charge in [-0.15, -0.1) is 0 Å². The monoisotopic (exact) mass is 586 g/mol. The van der Waals surface area contributed by atoms with E-state index in [4.69, 9.17) is 18.9 Å². The number of likely N-dealkylation sites (tertiary alicyclic amines) is 1. The van der Waals surface area contributed by atoms with Gasteiger partial charge in [-0.1, -0.05) is 6.07 Å². The molecular weight excluding hydrogens is 548 g/mol. The average Bonchev–Trinajstić information content (AvgIpc) is 3.23. The van der Waals surface area contributed by atoms with Gasteiger partial charge in [0.25, 0.3) is 5.91 Å². The molecule has 42 heavy (non-hydrogen) atoms. The number of hydrogen-bond donors (Lipinski definition) is 3. The lowest BCUT2D eigenvalue weighted by atomic mass is 9.50. The highest BCUT2D eigenvalue weighted by molar-refractivity contribution is 5.90. The molecule has 2 heterocycles. The third kappa shape index (κ3) is 4.80. The summed E-state index contributed by atoms with van der Waals surface area (Å²) in [6, 6.07) is 1.78. The van der Waals surface area contributed by atoms with Crippen LogP contribution in [0.4, 0.5) is 0 Å². The van der Waals surface area contributed by atoms with Crippen LogP contribution < -0.4 is 10.1 Å². The van der Waals surface area contributed by atoms with Gasteiger partial charge in [0.2, 0.25) is 0 Å². The van der Waals surface area contributed by atoms with E-state index in [0.717, 1.165) is 18.1 Å². The van der Waals surface area contributed by atoms with E-state index in [-0.39, 0.29) is 29.7 Å². The number of carbonyl (C=O) groups is 4. The Labute approximate surface area is 243 Å². The highest BCUT2D eigenvalue weighted by Gasteiger charge is 2.72. The van der Waals surface area contributed by atoms with Gasteiger partial charge in [0.05, 0.1) is 17.4 Å². The number of aliphatic hydroxyl groups is 1. The molecule has 2 aliphatic carbocycles. The van der Waals surface area contributed by atoms with Crippen molar-refractivity contribution in [2.24, 2.45) is 0 Å². The first kappa shape index (κ1) is 29.8. The van der Waals surface area contributed by atoms with Crippen molar-refractivity contribution in [3.63, 3.8) is 0 Å². The number of carbonyl (C=O) groups excluding carboxylic acids is 4. The number of hydrogen-bond acceptors (Lipinski definition) is 11. The maximum Gasteiger partial charge on any atom is 0.329 e. The summed E-state index contributed by atoms with van der Waals surface area (Å²) in [4.78, 5) is 52.4. The molecule has 0 saturated carbocycles. The maximum atomic E-state index is 13.3. The zero-order valence-corrected chi connectivity index (χ0v) is 24.7. The van der Waals surface area contributed by atoms with Gasteiger partial charge in [-0.25, -0.2) is 4.79 Å². The molecule has 2 bridgehead atoms. The number of nitrogens with zero attached hydrogens (tertiary/aromatic N) is 1. The topological polar surface area (TPSA) is 161 Å². The molecule has 1 aromatic carbocycles. The predicted molar refractivity (Wildman–Crippen MR) is 146 cm³/mol. The fraction of sp³-hybridized carbons (Fsp3) is 0.600. The van der Waals surface area contributed by atoms with Crippen LogP contribution in [0.15, 0.2) is 24.0 Å². The lowest BCUT2D eigenvalue weighted by molar-refractivity contribution is -0.170. The van der Waals surface area contributed by atoms with Crippen molar-refractivity contribution >= 4 is 23.8 Å². The van der Waals surface area contributed by atoms with E-state index >= 15 is 0 Å². The van der Waals surface area contributed by atoms with Crippen molar-refractivity contribution in [1.82, 2.24) is 10.2 Å². The molecule has 0 aromatic heterocycles. The standard InChI is InChI=1S/C30H38N2O10/c1-15(39-16(2)33)26(36)31-18(27(37)42-28(3,4)5)14-22(35)40-20-9-10-30(38)21-13-17-7-8-19(34)24-23(17)29(30,25(20)41-24)11-12-32(21)6/h7-9,15,18,21,25,34,38H,10-14H2,1-6H3,(H,31,36)/t15-,18-,21-,25-,29-,30+/m0/s1. The van der Waals surface area contributed by atoms with Crippen LogP contribution in [0.25, 0.3) is 0 Å². The Kier molecular flexibility index (Phi) is 7.29. The molecular formula is C30H38N2O10. The summed E-state index contributed by atoms with van der Waals surface area (Å²) in [7, 11) is 1.97. The number of benzene rings is 1. The summed E-state index contributed by atoms with van der Waals surface area (Å²) in [5.74, 6) is -2.79. The van der Waals surface area contributed by atoms with Gasteiger partial charge in [0.1, 0.15) is 17.4 Å². The first-order valence-electron chi connectivity index (χ1n) is 14.1. The van der Waals surface area contributed by atoms with Crippen LogP contribution in [0.1, 0.15) is 65.0 Å². The second-order valence-corrected chi connectivity index (χ2v) is 12.6. The molecule has 4 aliphatic rings. The Morgan fingerprint density at radius 2 is 1.95 bits per heavy atom. The predicted octanol–water partition coefficient (Wildman–Crippen LogP) is 1.38. The van der Waals surface area contributed by atoms with Crippen LogP contribution in [0.2, 0.25) is 0 Å². The highest BCUT2D eigenvalue weighted by Crippen LogP contribution is 2.65. The van der Waals surface area contributed by atoms with Gasteiger partial charge in [-0.3, -0.25) is 14.4 Å². The first-order chi connectivity index (χ1) is 19.6. The Bertz CT molecular complexity index is 1370. The van der Waals surface area contributed by atoms with Crippen molar-refractivity contribution in [2.45, 2.75) is 101 Å². The number of amides is 1. The van der Waals surface area contributed by atoms with Gasteiger partial charge in [0.15, 0.2) is 23.7 Å². The van der Waals surface area contributed by atoms with E-state index in [0.29, 0.717) is 19.4 Å². The highest BCUT2D eigenvalue weighted by atomic mass is 16.6. The molecule has 0 radical (unpaired) electrons. The molecule has 1 saturated heterocycles. The van der Waals surface area contributed by atoms with E-state index in [1.807, 2.05) is 13.1 Å². The number of aromatic hydroxyl groups is 1. The Morgan fingerprint density at radius 3 is 2.62 bits per heavy atom. The number of piperidine rings is 1. The van der Waals surface area contributed by atoms with E-state index in [2.05, 4.69) is 10.2 Å². The average molecular weight is 587 g/mol. The minimum Gasteiger partial charge on any atom is -0.504 e. The van der Waals surface area contributed by atoms with Gasteiger partial charge in [-0.2, -0.15) is 0 Å². The van der Waals surface area contributed by atoms with Crippen LogP contribution >= 0.6 is 0 Å². The van der Waals surface area contributed by atoms with E-state index in [9.17, 15) is 29.4 Å². The van der Waals surface area contributed by atoms with Crippen LogP contribution in [-0.4, -0.2) is 88.0 Å². The molecule has 2 aliphatic heterocycles. The van der Waals surface area contributed by atoms with Crippen LogP contribution in [0.5, 0.6) is 11.5 Å². The minimum absolute atomic E-state index is 0.0578. The number of phenols is 1. The van der Waals surface area contributed by atoms with Gasteiger partial charge in [-0.05, 0) is 71.8 Å². The third-order valence-electron chi connectivity index (χ3n) is 8.68. The Balaban J connectivity index is 1.41. The first-order valence-corrected chi connectivity index (χ1v) is 14.1. The molecule has 3 N–H and O–H groups in total. The number of likely N-dealkylation sites (N-methyl/N-ethyl adjacent to an activating group) is 1. The third-order valence-corrected chi connectivity index (χ3v) is 8.68.